The fraction of sp³-hybridized carbons (Fsp3) is 0.480. The van der Waals surface area contributed by atoms with Crippen LogP contribution in [0.1, 0.15) is 36.8 Å². The number of carbonyl (C=O) groups is 1. The quantitative estimate of drug-likeness (QED) is 0.557. The van der Waals surface area contributed by atoms with Gasteiger partial charge in [0.25, 0.3) is 0 Å². The van der Waals surface area contributed by atoms with Gasteiger partial charge in [0.1, 0.15) is 12.9 Å². The highest BCUT2D eigenvalue weighted by Crippen LogP contribution is 2.27. The molecule has 2 N–H and O–H groups in total. The summed E-state index contributed by atoms with van der Waals surface area (Å²) in [7, 11) is 1.59. The van der Waals surface area contributed by atoms with Crippen LogP contribution in [-0.2, 0) is 16.2 Å². The largest absolute Gasteiger partial charge is 0.399 e. The molecule has 3 heterocycles. The van der Waals surface area contributed by atoms with E-state index in [4.69, 9.17) is 10.6 Å². The van der Waals surface area contributed by atoms with E-state index < -0.39 is 0 Å². The second kappa shape index (κ2) is 10.6. The zero-order valence-electron chi connectivity index (χ0n) is 18.8. The third-order valence-corrected chi connectivity index (χ3v) is 6.64. The number of nitrogens with zero attached hydrogens (tertiary/aromatic N) is 4. The lowest BCUT2D eigenvalue weighted by Crippen LogP contribution is -2.46. The van der Waals surface area contributed by atoms with E-state index in [0.717, 1.165) is 69.7 Å². The first kappa shape index (κ1) is 22.3. The Morgan fingerprint density at radius 3 is 2.41 bits per heavy atom. The molecule has 2 aliphatic heterocycles. The summed E-state index contributed by atoms with van der Waals surface area (Å²) in [4.78, 5) is 26.8. The van der Waals surface area contributed by atoms with Gasteiger partial charge in [0.05, 0.1) is 5.71 Å². The van der Waals surface area contributed by atoms with E-state index in [1.54, 1.807) is 13.3 Å². The molecule has 0 radical (unpaired) electrons. The number of benzene rings is 1. The Bertz CT molecular complexity index is 917. The van der Waals surface area contributed by atoms with Gasteiger partial charge in [-0.1, -0.05) is 35.5 Å². The molecule has 2 aromatic rings. The summed E-state index contributed by atoms with van der Waals surface area (Å²) >= 11 is 0. The maximum atomic E-state index is 13.2. The van der Waals surface area contributed by atoms with Crippen molar-refractivity contribution >= 4 is 17.4 Å². The van der Waals surface area contributed by atoms with Crippen molar-refractivity contribution in [1.82, 2.24) is 14.8 Å². The molecule has 1 aromatic heterocycles. The average Bonchev–Trinajstić information content (AvgIpc) is 2.83. The highest BCUT2D eigenvalue weighted by Gasteiger charge is 2.32. The molecular weight excluding hydrogens is 402 g/mol. The van der Waals surface area contributed by atoms with Gasteiger partial charge in [-0.05, 0) is 62.0 Å². The maximum Gasteiger partial charge on any atom is 0.225 e. The molecule has 7 heteroatoms. The van der Waals surface area contributed by atoms with E-state index in [9.17, 15) is 4.79 Å². The van der Waals surface area contributed by atoms with Gasteiger partial charge in [-0.2, -0.15) is 0 Å². The number of likely N-dealkylation sites (tertiary alicyclic amines) is 2. The van der Waals surface area contributed by atoms with Crippen molar-refractivity contribution in [3.8, 4) is 0 Å². The number of nitrogen functional groups attached to an aromatic ring is 1. The van der Waals surface area contributed by atoms with Crippen molar-refractivity contribution in [3.63, 3.8) is 0 Å². The van der Waals surface area contributed by atoms with Crippen LogP contribution in [0.4, 0.5) is 5.82 Å². The number of aromatic nitrogens is 1. The minimum atomic E-state index is 0.131. The predicted molar refractivity (Wildman–Crippen MR) is 126 cm³/mol. The standard InChI is InChI=1S/C25H33N5O2/c1-32-28-24(20-5-3-2-4-6-20)21-10-15-30(16-11-21)25(31)22-8-13-29(14-9-22)18-19-7-12-27-23(26)17-19/h2-7,12,17,21-22H,8-11,13-16,18H2,1H3,(H2,26,27)/b28-24-. The maximum absolute atomic E-state index is 13.2. The molecule has 0 bridgehead atoms. The first-order valence-corrected chi connectivity index (χ1v) is 11.5. The van der Waals surface area contributed by atoms with Crippen LogP contribution in [0.2, 0.25) is 0 Å². The lowest BCUT2D eigenvalue weighted by molar-refractivity contribution is -0.138. The fourth-order valence-corrected chi connectivity index (χ4v) is 4.89. The van der Waals surface area contributed by atoms with Crippen LogP contribution in [0, 0.1) is 11.8 Å². The second-order valence-electron chi connectivity index (χ2n) is 8.76. The lowest BCUT2D eigenvalue weighted by atomic mass is 9.87. The molecular formula is C25H33N5O2. The van der Waals surface area contributed by atoms with Crippen molar-refractivity contribution in [2.24, 2.45) is 17.0 Å². The van der Waals surface area contributed by atoms with Crippen LogP contribution in [0.3, 0.4) is 0 Å². The van der Waals surface area contributed by atoms with Gasteiger partial charge in [-0.15, -0.1) is 0 Å². The molecule has 0 spiro atoms. The number of piperidine rings is 2. The van der Waals surface area contributed by atoms with Crippen molar-refractivity contribution in [3.05, 3.63) is 59.8 Å². The third-order valence-electron chi connectivity index (χ3n) is 6.64. The Labute approximate surface area is 190 Å². The minimum Gasteiger partial charge on any atom is -0.399 e. The Hall–Kier alpha value is -2.93. The SMILES string of the molecule is CO/N=C(/c1ccccc1)C1CCN(C(=O)C2CCN(Cc3ccnc(N)c3)CC2)CC1. The van der Waals surface area contributed by atoms with Crippen LogP contribution < -0.4 is 5.73 Å². The number of hydrogen-bond acceptors (Lipinski definition) is 6. The molecule has 0 atom stereocenters. The van der Waals surface area contributed by atoms with Gasteiger partial charge in [-0.25, -0.2) is 4.98 Å². The minimum absolute atomic E-state index is 0.131. The molecule has 7 nitrogen and oxygen atoms in total. The monoisotopic (exact) mass is 435 g/mol. The van der Waals surface area contributed by atoms with Crippen LogP contribution in [-0.4, -0.2) is 59.7 Å². The Morgan fingerprint density at radius 1 is 1.06 bits per heavy atom. The topological polar surface area (TPSA) is 84.0 Å². The molecule has 32 heavy (non-hydrogen) atoms. The number of amides is 1. The fourth-order valence-electron chi connectivity index (χ4n) is 4.89. The van der Waals surface area contributed by atoms with E-state index in [1.165, 1.54) is 5.56 Å². The van der Waals surface area contributed by atoms with E-state index >= 15 is 0 Å². The van der Waals surface area contributed by atoms with Gasteiger partial charge in [0.15, 0.2) is 0 Å². The number of oxime groups is 1. The molecule has 1 aromatic carbocycles. The molecule has 4 rings (SSSR count). The molecule has 1 amide bonds. The first-order valence-electron chi connectivity index (χ1n) is 11.5. The van der Waals surface area contributed by atoms with Crippen LogP contribution in [0.5, 0.6) is 0 Å². The molecule has 2 saturated heterocycles. The molecule has 0 aliphatic carbocycles. The molecule has 0 unspecified atom stereocenters. The number of carbonyl (C=O) groups excluding carboxylic acids is 1. The summed E-state index contributed by atoms with van der Waals surface area (Å²) in [6.45, 7) is 4.31. The summed E-state index contributed by atoms with van der Waals surface area (Å²) in [6.07, 6.45) is 5.43. The summed E-state index contributed by atoms with van der Waals surface area (Å²) < 4.78 is 0. The predicted octanol–water partition coefficient (Wildman–Crippen LogP) is 3.17. The number of nitrogens with two attached hydrogens (primary N) is 1. The summed E-state index contributed by atoms with van der Waals surface area (Å²) in [5.74, 6) is 1.32. The molecule has 2 aliphatic rings. The van der Waals surface area contributed by atoms with Crippen molar-refractivity contribution in [1.29, 1.82) is 0 Å². The zero-order valence-corrected chi connectivity index (χ0v) is 18.8. The first-order chi connectivity index (χ1) is 15.6. The van der Waals surface area contributed by atoms with Gasteiger partial charge in [-0.3, -0.25) is 9.69 Å². The van der Waals surface area contributed by atoms with Crippen LogP contribution in [0.15, 0.2) is 53.8 Å². The third kappa shape index (κ3) is 5.46. The zero-order chi connectivity index (χ0) is 22.3. The lowest BCUT2D eigenvalue weighted by Gasteiger charge is -2.37. The van der Waals surface area contributed by atoms with Crippen molar-refractivity contribution < 1.29 is 9.63 Å². The van der Waals surface area contributed by atoms with Crippen LogP contribution >= 0.6 is 0 Å². The molecule has 2 fully saturated rings. The second-order valence-corrected chi connectivity index (χ2v) is 8.76. The molecule has 170 valence electrons. The Morgan fingerprint density at radius 2 is 1.75 bits per heavy atom. The number of anilines is 1. The molecule has 0 saturated carbocycles. The van der Waals surface area contributed by atoms with E-state index in [-0.39, 0.29) is 5.92 Å². The normalized spacial score (nSPS) is 19.2. The smallest absolute Gasteiger partial charge is 0.225 e. The Balaban J connectivity index is 1.27. The summed E-state index contributed by atoms with van der Waals surface area (Å²) in [6, 6.07) is 14.1. The van der Waals surface area contributed by atoms with E-state index in [0.29, 0.717) is 17.6 Å². The van der Waals surface area contributed by atoms with Crippen molar-refractivity contribution in [2.75, 3.05) is 39.0 Å². The average molecular weight is 436 g/mol. The summed E-state index contributed by atoms with van der Waals surface area (Å²) in [5, 5.41) is 4.32. The van der Waals surface area contributed by atoms with E-state index in [1.807, 2.05) is 30.3 Å². The highest BCUT2D eigenvalue weighted by molar-refractivity contribution is 6.02. The number of pyridine rings is 1. The van der Waals surface area contributed by atoms with E-state index in [2.05, 4.69) is 32.1 Å². The number of hydrogen-bond donors (Lipinski definition) is 1. The van der Waals surface area contributed by atoms with Crippen LogP contribution in [0.25, 0.3) is 0 Å². The summed E-state index contributed by atoms with van der Waals surface area (Å²) in [5.41, 5.74) is 9.06. The van der Waals surface area contributed by atoms with Gasteiger partial charge < -0.3 is 15.5 Å². The van der Waals surface area contributed by atoms with Gasteiger partial charge >= 0.3 is 0 Å². The highest BCUT2D eigenvalue weighted by atomic mass is 16.6. The Kier molecular flexibility index (Phi) is 7.37. The van der Waals surface area contributed by atoms with Gasteiger partial charge in [0.2, 0.25) is 5.91 Å². The number of rotatable bonds is 6. The van der Waals surface area contributed by atoms with Gasteiger partial charge in [0, 0.05) is 37.7 Å². The van der Waals surface area contributed by atoms with Crippen molar-refractivity contribution in [2.45, 2.75) is 32.2 Å².